The van der Waals surface area contributed by atoms with Crippen LogP contribution in [0.2, 0.25) is 0 Å². The summed E-state index contributed by atoms with van der Waals surface area (Å²) in [6.45, 7) is 3.84. The van der Waals surface area contributed by atoms with Gasteiger partial charge < -0.3 is 19.3 Å². The maximum Gasteiger partial charge on any atom is 0.415 e. The number of nitro groups is 1. The van der Waals surface area contributed by atoms with Crippen LogP contribution in [0, 0.1) is 21.7 Å². The molecule has 2 aliphatic rings. The van der Waals surface area contributed by atoms with Gasteiger partial charge in [-0.05, 0) is 24.0 Å². The van der Waals surface area contributed by atoms with Crippen molar-refractivity contribution in [3.8, 4) is 17.5 Å². The lowest BCUT2D eigenvalue weighted by molar-refractivity contribution is -0.389. The molecule has 0 N–H and O–H groups in total. The molecule has 29 heavy (non-hydrogen) atoms. The van der Waals surface area contributed by atoms with Crippen molar-refractivity contribution in [2.24, 2.45) is 0 Å². The fourth-order valence-electron chi connectivity index (χ4n) is 3.85. The molecule has 0 saturated carbocycles. The summed E-state index contributed by atoms with van der Waals surface area (Å²) in [6.07, 6.45) is 1.36. The molecular weight excluding hydrogens is 388 g/mol. The third-order valence-electron chi connectivity index (χ3n) is 4.94. The Balaban J connectivity index is 1.27. The number of oxazole rings is 1. The van der Waals surface area contributed by atoms with E-state index in [4.69, 9.17) is 9.15 Å². The Hall–Kier alpha value is -3.34. The molecule has 0 radical (unpaired) electrons. The molecule has 0 spiro atoms. The summed E-state index contributed by atoms with van der Waals surface area (Å²) >= 11 is 0. The summed E-state index contributed by atoms with van der Waals surface area (Å²) in [5.74, 6) is -0.801. The topological polar surface area (TPSA) is 99.5 Å². The van der Waals surface area contributed by atoms with Gasteiger partial charge in [0.25, 0.3) is 0 Å². The van der Waals surface area contributed by atoms with Gasteiger partial charge in [0.15, 0.2) is 0 Å². The maximum atomic E-state index is 13.4. The van der Waals surface area contributed by atoms with E-state index in [1.54, 1.807) is 4.57 Å². The number of nitrogens with zero attached hydrogens (tertiary/aromatic N) is 5. The number of fused-ring (bicyclic) bond motifs is 2. The normalized spacial score (nSPS) is 20.5. The zero-order chi connectivity index (χ0) is 20.3. The standard InChI is InChI=1S/C18H15F2N5O4/c1-18(9-24-7-15(25(26)27)22-17(24)29-18)8-23-5-13-14(6-23)28-16(21-13)10-2-11(19)4-12(20)3-10/h2-4,7H,5-6,8-9H2,1H3/t18-/m0/s1. The Morgan fingerprint density at radius 2 is 2.00 bits per heavy atom. The minimum absolute atomic E-state index is 0.184. The number of imidazole rings is 1. The van der Waals surface area contributed by atoms with Crippen LogP contribution >= 0.6 is 0 Å². The summed E-state index contributed by atoms with van der Waals surface area (Å²) in [6, 6.07) is 3.37. The molecular formula is C18H15F2N5O4. The number of benzene rings is 1. The average molecular weight is 403 g/mol. The van der Waals surface area contributed by atoms with Gasteiger partial charge in [0.1, 0.15) is 29.2 Å². The van der Waals surface area contributed by atoms with Crippen molar-refractivity contribution < 1.29 is 22.9 Å². The lowest BCUT2D eigenvalue weighted by Gasteiger charge is -2.27. The molecule has 5 rings (SSSR count). The molecule has 0 unspecified atom stereocenters. The van der Waals surface area contributed by atoms with Crippen LogP contribution in [-0.4, -0.2) is 36.5 Å². The highest BCUT2D eigenvalue weighted by molar-refractivity contribution is 5.54. The van der Waals surface area contributed by atoms with Gasteiger partial charge in [0, 0.05) is 29.7 Å². The molecule has 1 atom stereocenters. The minimum atomic E-state index is -0.691. The van der Waals surface area contributed by atoms with Crippen molar-refractivity contribution in [2.45, 2.75) is 32.2 Å². The Bertz CT molecular complexity index is 1070. The molecule has 2 aromatic heterocycles. The van der Waals surface area contributed by atoms with E-state index in [0.29, 0.717) is 37.6 Å². The van der Waals surface area contributed by atoms with Crippen LogP contribution in [0.5, 0.6) is 6.01 Å². The summed E-state index contributed by atoms with van der Waals surface area (Å²) < 4.78 is 40.1. The average Bonchev–Trinajstić information content (AvgIpc) is 3.31. The summed E-state index contributed by atoms with van der Waals surface area (Å²) in [4.78, 5) is 20.6. The minimum Gasteiger partial charge on any atom is -0.439 e. The molecule has 1 aromatic carbocycles. The number of rotatable bonds is 4. The van der Waals surface area contributed by atoms with Crippen molar-refractivity contribution in [2.75, 3.05) is 6.54 Å². The van der Waals surface area contributed by atoms with Crippen molar-refractivity contribution in [3.63, 3.8) is 0 Å². The van der Waals surface area contributed by atoms with Gasteiger partial charge in [-0.15, -0.1) is 0 Å². The largest absolute Gasteiger partial charge is 0.439 e. The third kappa shape index (κ3) is 3.12. The predicted octanol–water partition coefficient (Wildman–Crippen LogP) is 2.89. The van der Waals surface area contributed by atoms with Crippen molar-refractivity contribution >= 4 is 5.82 Å². The summed E-state index contributed by atoms with van der Waals surface area (Å²) in [5.41, 5.74) is 0.358. The molecule has 11 heteroatoms. The number of hydrogen-bond donors (Lipinski definition) is 0. The Labute approximate surface area is 162 Å². The van der Waals surface area contributed by atoms with Crippen LogP contribution < -0.4 is 4.74 Å². The number of ether oxygens (including phenoxy) is 1. The highest BCUT2D eigenvalue weighted by atomic mass is 19.1. The summed E-state index contributed by atoms with van der Waals surface area (Å²) in [7, 11) is 0. The Kier molecular flexibility index (Phi) is 3.72. The highest BCUT2D eigenvalue weighted by Gasteiger charge is 2.42. The van der Waals surface area contributed by atoms with Crippen molar-refractivity contribution in [1.29, 1.82) is 0 Å². The van der Waals surface area contributed by atoms with E-state index in [0.717, 1.165) is 6.07 Å². The first-order valence-corrected chi connectivity index (χ1v) is 8.86. The lowest BCUT2D eigenvalue weighted by atomic mass is 10.1. The van der Waals surface area contributed by atoms with E-state index < -0.39 is 22.2 Å². The van der Waals surface area contributed by atoms with Gasteiger partial charge >= 0.3 is 11.8 Å². The molecule has 0 amide bonds. The van der Waals surface area contributed by atoms with Crippen LogP contribution in [-0.2, 0) is 19.6 Å². The van der Waals surface area contributed by atoms with Gasteiger partial charge in [0.05, 0.1) is 18.8 Å². The molecule has 2 aliphatic heterocycles. The summed E-state index contributed by atoms with van der Waals surface area (Å²) in [5, 5.41) is 10.8. The van der Waals surface area contributed by atoms with Crippen molar-refractivity contribution in [1.82, 2.24) is 19.4 Å². The number of aromatic nitrogens is 3. The molecule has 150 valence electrons. The van der Waals surface area contributed by atoms with E-state index in [1.807, 2.05) is 6.92 Å². The molecule has 0 fully saturated rings. The second kappa shape index (κ2) is 6.08. The first-order chi connectivity index (χ1) is 13.8. The zero-order valence-corrected chi connectivity index (χ0v) is 15.3. The molecule has 4 heterocycles. The van der Waals surface area contributed by atoms with Gasteiger partial charge in [0.2, 0.25) is 5.89 Å². The van der Waals surface area contributed by atoms with Crippen LogP contribution in [0.1, 0.15) is 18.4 Å². The second-order valence-corrected chi connectivity index (χ2v) is 7.51. The van der Waals surface area contributed by atoms with Crippen LogP contribution in [0.15, 0.2) is 28.8 Å². The molecule has 0 bridgehead atoms. The van der Waals surface area contributed by atoms with E-state index in [1.165, 1.54) is 18.3 Å². The molecule has 0 saturated heterocycles. The number of halogens is 2. The van der Waals surface area contributed by atoms with E-state index in [-0.39, 0.29) is 23.3 Å². The maximum absolute atomic E-state index is 13.4. The van der Waals surface area contributed by atoms with E-state index in [2.05, 4.69) is 14.9 Å². The molecule has 9 nitrogen and oxygen atoms in total. The monoisotopic (exact) mass is 403 g/mol. The molecule has 3 aromatic rings. The smallest absolute Gasteiger partial charge is 0.415 e. The first kappa shape index (κ1) is 17.7. The van der Waals surface area contributed by atoms with Gasteiger partial charge in [-0.1, -0.05) is 0 Å². The quantitative estimate of drug-likeness (QED) is 0.488. The fraction of sp³-hybridized carbons (Fsp3) is 0.333. The Morgan fingerprint density at radius 3 is 2.66 bits per heavy atom. The SMILES string of the molecule is C[C@]1(CN2Cc3nc(-c4cc(F)cc(F)c4)oc3C2)Cn2cc([N+](=O)[O-])nc2O1. The van der Waals surface area contributed by atoms with Crippen molar-refractivity contribution in [3.05, 3.63) is 57.6 Å². The number of hydrogen-bond acceptors (Lipinski definition) is 7. The van der Waals surface area contributed by atoms with Crippen LogP contribution in [0.25, 0.3) is 11.5 Å². The van der Waals surface area contributed by atoms with Crippen LogP contribution in [0.3, 0.4) is 0 Å². The zero-order valence-electron chi connectivity index (χ0n) is 15.3. The van der Waals surface area contributed by atoms with Gasteiger partial charge in [-0.3, -0.25) is 9.47 Å². The van der Waals surface area contributed by atoms with E-state index in [9.17, 15) is 18.9 Å². The van der Waals surface area contributed by atoms with Gasteiger partial charge in [-0.2, -0.15) is 0 Å². The first-order valence-electron chi connectivity index (χ1n) is 8.86. The Morgan fingerprint density at radius 1 is 1.24 bits per heavy atom. The molecule has 0 aliphatic carbocycles. The lowest BCUT2D eigenvalue weighted by Crippen LogP contribution is -2.43. The predicted molar refractivity (Wildman–Crippen MR) is 93.9 cm³/mol. The van der Waals surface area contributed by atoms with Crippen LogP contribution in [0.4, 0.5) is 14.6 Å². The van der Waals surface area contributed by atoms with E-state index >= 15 is 0 Å². The highest BCUT2D eigenvalue weighted by Crippen LogP contribution is 2.34. The van der Waals surface area contributed by atoms with Gasteiger partial charge in [-0.25, -0.2) is 13.8 Å². The second-order valence-electron chi connectivity index (χ2n) is 7.51. The third-order valence-corrected chi connectivity index (χ3v) is 4.94. The fourth-order valence-corrected chi connectivity index (χ4v) is 3.85.